The predicted octanol–water partition coefficient (Wildman–Crippen LogP) is 5.78. The zero-order valence-electron chi connectivity index (χ0n) is 15.9. The average molecular weight is 335 g/mol. The predicted molar refractivity (Wildman–Crippen MR) is 102 cm³/mol. The van der Waals surface area contributed by atoms with Crippen LogP contribution in [0.1, 0.15) is 57.8 Å². The molecule has 0 saturated carbocycles. The molecule has 0 aliphatic rings. The van der Waals surface area contributed by atoms with E-state index in [1.807, 2.05) is 24.3 Å². The minimum absolute atomic E-state index is 0.242. The van der Waals surface area contributed by atoms with E-state index < -0.39 is 14.4 Å². The average Bonchev–Trinajstić information content (AvgIpc) is 2.46. The van der Waals surface area contributed by atoms with Crippen molar-refractivity contribution in [1.29, 1.82) is 0 Å². The Morgan fingerprint density at radius 3 is 2.26 bits per heavy atom. The first-order chi connectivity index (χ1) is 10.6. The fourth-order valence-electron chi connectivity index (χ4n) is 2.19. The smallest absolute Gasteiger partial charge is 0.191 e. The van der Waals surface area contributed by atoms with Gasteiger partial charge in [-0.1, -0.05) is 63.6 Å². The van der Waals surface area contributed by atoms with Crippen LogP contribution < -0.4 is 0 Å². The highest BCUT2D eigenvalue weighted by Crippen LogP contribution is 2.36. The number of benzene rings is 1. The van der Waals surface area contributed by atoms with Crippen LogP contribution in [0.2, 0.25) is 18.1 Å². The van der Waals surface area contributed by atoms with Gasteiger partial charge in [-0.25, -0.2) is 0 Å². The maximum Gasteiger partial charge on any atom is 0.191 e. The van der Waals surface area contributed by atoms with Crippen molar-refractivity contribution >= 4 is 8.32 Å². The van der Waals surface area contributed by atoms with Crippen molar-refractivity contribution in [2.75, 3.05) is 6.61 Å². The highest BCUT2D eigenvalue weighted by atomic mass is 28.4. The number of aliphatic hydroxyl groups is 1. The second kappa shape index (κ2) is 8.27. The Morgan fingerprint density at radius 1 is 1.22 bits per heavy atom. The van der Waals surface area contributed by atoms with Crippen LogP contribution in [-0.2, 0) is 4.43 Å². The molecule has 23 heavy (non-hydrogen) atoms. The zero-order chi connectivity index (χ0) is 17.7. The van der Waals surface area contributed by atoms with E-state index in [-0.39, 0.29) is 5.04 Å². The Kier molecular flexibility index (Phi) is 7.24. The van der Waals surface area contributed by atoms with Gasteiger partial charge in [-0.15, -0.1) is 0 Å². The number of rotatable bonds is 7. The Morgan fingerprint density at radius 2 is 1.78 bits per heavy atom. The van der Waals surface area contributed by atoms with Gasteiger partial charge in [0.2, 0.25) is 0 Å². The summed E-state index contributed by atoms with van der Waals surface area (Å²) in [6.07, 6.45) is 3.36. The first kappa shape index (κ1) is 20.1. The van der Waals surface area contributed by atoms with Crippen LogP contribution in [0, 0.1) is 6.92 Å². The van der Waals surface area contributed by atoms with Crippen LogP contribution in [0.25, 0.3) is 0 Å². The van der Waals surface area contributed by atoms with Gasteiger partial charge in [-0.3, -0.25) is 0 Å². The molecule has 0 saturated heterocycles. The van der Waals surface area contributed by atoms with Crippen molar-refractivity contribution in [3.63, 3.8) is 0 Å². The molecule has 1 aromatic carbocycles. The van der Waals surface area contributed by atoms with Crippen LogP contribution in [0.3, 0.4) is 0 Å². The molecular formula is C20H34O2Si. The molecule has 1 unspecified atom stereocenters. The van der Waals surface area contributed by atoms with Crippen molar-refractivity contribution < 1.29 is 9.53 Å². The van der Waals surface area contributed by atoms with Crippen LogP contribution in [-0.4, -0.2) is 20.0 Å². The molecule has 2 nitrogen and oxygen atoms in total. The summed E-state index contributed by atoms with van der Waals surface area (Å²) in [6.45, 7) is 16.2. The largest absolute Gasteiger partial charge is 0.417 e. The van der Waals surface area contributed by atoms with Gasteiger partial charge in [0.15, 0.2) is 8.32 Å². The number of aryl methyl sites for hydroxylation is 1. The molecule has 1 aromatic rings. The van der Waals surface area contributed by atoms with E-state index in [1.54, 1.807) is 0 Å². The lowest BCUT2D eigenvalue weighted by Crippen LogP contribution is -2.40. The van der Waals surface area contributed by atoms with E-state index in [2.05, 4.69) is 53.8 Å². The summed E-state index contributed by atoms with van der Waals surface area (Å²) < 4.78 is 6.20. The quantitative estimate of drug-likeness (QED) is 0.389. The van der Waals surface area contributed by atoms with E-state index in [9.17, 15) is 5.11 Å². The molecule has 1 rings (SSSR count). The monoisotopic (exact) mass is 334 g/mol. The molecule has 1 atom stereocenters. The van der Waals surface area contributed by atoms with Crippen LogP contribution in [0.4, 0.5) is 0 Å². The molecule has 0 radical (unpaired) electrons. The summed E-state index contributed by atoms with van der Waals surface area (Å²) in [6, 6.07) is 8.12. The van der Waals surface area contributed by atoms with Crippen LogP contribution >= 0.6 is 0 Å². The molecule has 0 bridgehead atoms. The van der Waals surface area contributed by atoms with Crippen molar-refractivity contribution in [3.05, 3.63) is 47.0 Å². The first-order valence-corrected chi connectivity index (χ1v) is 11.6. The van der Waals surface area contributed by atoms with Gasteiger partial charge in [0.1, 0.15) is 6.10 Å². The molecule has 0 aromatic heterocycles. The first-order valence-electron chi connectivity index (χ1n) is 8.66. The molecule has 0 amide bonds. The SMILES string of the molecule is CC/C(=C/CCO[Si](C)(C)C(C)(C)C)C(O)c1ccc(C)cc1. The Balaban J connectivity index is 2.64. The molecule has 0 aliphatic carbocycles. The maximum absolute atomic E-state index is 10.6. The summed E-state index contributed by atoms with van der Waals surface area (Å²) in [5.41, 5.74) is 3.26. The lowest BCUT2D eigenvalue weighted by atomic mass is 9.98. The van der Waals surface area contributed by atoms with Crippen molar-refractivity contribution in [2.45, 2.75) is 71.7 Å². The maximum atomic E-state index is 10.6. The third kappa shape index (κ3) is 5.90. The van der Waals surface area contributed by atoms with Gasteiger partial charge in [0.05, 0.1) is 0 Å². The second-order valence-corrected chi connectivity index (χ2v) is 12.7. The van der Waals surface area contributed by atoms with Crippen molar-refractivity contribution in [1.82, 2.24) is 0 Å². The summed E-state index contributed by atoms with van der Waals surface area (Å²) >= 11 is 0. The Hall–Kier alpha value is -0.903. The Labute approximate surface area is 143 Å². The number of hydrogen-bond acceptors (Lipinski definition) is 2. The molecule has 0 spiro atoms. The molecule has 3 heteroatoms. The minimum atomic E-state index is -1.68. The topological polar surface area (TPSA) is 29.5 Å². The summed E-state index contributed by atoms with van der Waals surface area (Å²) in [5, 5.41) is 10.8. The van der Waals surface area contributed by atoms with E-state index in [4.69, 9.17) is 4.43 Å². The molecule has 1 N–H and O–H groups in total. The molecule has 0 fully saturated rings. The second-order valence-electron chi connectivity index (χ2n) is 7.84. The number of aliphatic hydroxyl groups excluding tert-OH is 1. The lowest BCUT2D eigenvalue weighted by Gasteiger charge is -2.36. The van der Waals surface area contributed by atoms with Crippen LogP contribution in [0.15, 0.2) is 35.9 Å². The van der Waals surface area contributed by atoms with Gasteiger partial charge in [-0.05, 0) is 49.0 Å². The van der Waals surface area contributed by atoms with Gasteiger partial charge in [-0.2, -0.15) is 0 Å². The summed E-state index contributed by atoms with van der Waals surface area (Å²) in [5.74, 6) is 0. The molecular weight excluding hydrogens is 300 g/mol. The van der Waals surface area contributed by atoms with Gasteiger partial charge in [0, 0.05) is 6.61 Å². The van der Waals surface area contributed by atoms with Crippen LogP contribution in [0.5, 0.6) is 0 Å². The fourth-order valence-corrected chi connectivity index (χ4v) is 3.25. The van der Waals surface area contributed by atoms with Gasteiger partial charge in [0.25, 0.3) is 0 Å². The van der Waals surface area contributed by atoms with E-state index >= 15 is 0 Å². The third-order valence-electron chi connectivity index (χ3n) is 4.95. The molecule has 130 valence electrons. The third-order valence-corrected chi connectivity index (χ3v) is 9.48. The molecule has 0 heterocycles. The molecule has 0 aliphatic heterocycles. The summed E-state index contributed by atoms with van der Waals surface area (Å²) in [7, 11) is -1.68. The van der Waals surface area contributed by atoms with E-state index in [0.717, 1.165) is 30.6 Å². The van der Waals surface area contributed by atoms with Gasteiger partial charge >= 0.3 is 0 Å². The highest BCUT2D eigenvalue weighted by Gasteiger charge is 2.36. The van der Waals surface area contributed by atoms with Gasteiger partial charge < -0.3 is 9.53 Å². The lowest BCUT2D eigenvalue weighted by molar-refractivity contribution is 0.211. The number of hydrogen-bond donors (Lipinski definition) is 1. The Bertz CT molecular complexity index is 509. The zero-order valence-corrected chi connectivity index (χ0v) is 16.9. The standard InChI is InChI=1S/C20H34O2Si/c1-8-17(19(21)18-13-11-16(2)12-14-18)10-9-15-22-23(6,7)20(3,4)5/h10-14,19,21H,8-9,15H2,1-7H3/b17-10-. The fraction of sp³-hybridized carbons (Fsp3) is 0.600. The van der Waals surface area contributed by atoms with Crippen molar-refractivity contribution in [3.8, 4) is 0 Å². The summed E-state index contributed by atoms with van der Waals surface area (Å²) in [4.78, 5) is 0. The van der Waals surface area contributed by atoms with E-state index in [1.165, 1.54) is 5.56 Å². The van der Waals surface area contributed by atoms with Crippen molar-refractivity contribution in [2.24, 2.45) is 0 Å². The minimum Gasteiger partial charge on any atom is -0.417 e. The van der Waals surface area contributed by atoms with E-state index in [0.29, 0.717) is 0 Å². The normalized spacial score (nSPS) is 14.9. The highest BCUT2D eigenvalue weighted by molar-refractivity contribution is 6.74.